The Morgan fingerprint density at radius 3 is 2.43 bits per heavy atom. The van der Waals surface area contributed by atoms with E-state index in [2.05, 4.69) is 67.7 Å². The Morgan fingerprint density at radius 2 is 1.66 bits per heavy atom. The topological polar surface area (TPSA) is 136 Å². The highest BCUT2D eigenvalue weighted by Gasteiger charge is 2.24. The van der Waals surface area contributed by atoms with Gasteiger partial charge in [0.25, 0.3) is 5.91 Å². The minimum absolute atomic E-state index is 0.0960. The SMILES string of the molecule is CCCCc1nc2c(N)nc3ccccc3c2n1Cc1ccc(CNC(=S)NCCCCCNC(=O)COc2ccc(C3=N/C(=C\c4ccc(-c5cccs5)n4B(F)F)C=C3)cc2)cc1. The van der Waals surface area contributed by atoms with Crippen LogP contribution >= 0.6 is 23.6 Å². The molecule has 0 unspecified atom stereocenters. The highest BCUT2D eigenvalue weighted by molar-refractivity contribution is 7.80. The molecule has 11 nitrogen and oxygen atoms in total. The molecule has 332 valence electrons. The Labute approximate surface area is 386 Å². The number of aryl methyl sites for hydroxylation is 1. The molecular formula is C49H50BF2N9O2S2. The number of aliphatic imine (C=N–C) groups is 1. The average molecular weight is 910 g/mol. The number of nitrogen functional groups attached to an aromatic ring is 1. The summed E-state index contributed by atoms with van der Waals surface area (Å²) in [6, 6.07) is 31.0. The zero-order chi connectivity index (χ0) is 45.1. The number of carbonyl (C=O) groups excluding carboxylic acids is 1. The van der Waals surface area contributed by atoms with E-state index in [1.165, 1.54) is 16.9 Å². The number of fused-ring (bicyclic) bond motifs is 3. The van der Waals surface area contributed by atoms with Crippen LogP contribution in [0, 0.1) is 0 Å². The Balaban J connectivity index is 0.711. The number of halogens is 2. The van der Waals surface area contributed by atoms with Crippen molar-refractivity contribution in [1.82, 2.24) is 35.0 Å². The van der Waals surface area contributed by atoms with E-state index in [0.29, 0.717) is 59.1 Å². The molecule has 0 aliphatic carbocycles. The Kier molecular flexibility index (Phi) is 14.8. The quantitative estimate of drug-likeness (QED) is 0.0338. The first kappa shape index (κ1) is 44.9. The number of rotatable bonds is 20. The number of imidazole rings is 1. The fraction of sp³-hybridized carbons (Fsp3) is 0.245. The van der Waals surface area contributed by atoms with Crippen LogP contribution in [-0.2, 0) is 24.3 Å². The van der Waals surface area contributed by atoms with E-state index in [9.17, 15) is 13.4 Å². The van der Waals surface area contributed by atoms with Crippen molar-refractivity contribution in [3.63, 3.8) is 0 Å². The van der Waals surface area contributed by atoms with Gasteiger partial charge in [-0.1, -0.05) is 61.9 Å². The maximum atomic E-state index is 14.0. The van der Waals surface area contributed by atoms with Crippen molar-refractivity contribution in [1.29, 1.82) is 0 Å². The van der Waals surface area contributed by atoms with Crippen molar-refractivity contribution in [2.24, 2.45) is 4.99 Å². The van der Waals surface area contributed by atoms with Gasteiger partial charge < -0.3 is 35.5 Å². The molecule has 1 aliphatic heterocycles. The van der Waals surface area contributed by atoms with Crippen LogP contribution in [0.3, 0.4) is 0 Å². The fourth-order valence-corrected chi connectivity index (χ4v) is 8.69. The molecule has 5 N–H and O–H groups in total. The first-order valence-corrected chi connectivity index (χ1v) is 23.2. The number of para-hydroxylation sites is 1. The molecule has 0 bridgehead atoms. The lowest BCUT2D eigenvalue weighted by molar-refractivity contribution is -0.123. The number of nitrogens with two attached hydrogens (primary N) is 1. The molecule has 0 saturated heterocycles. The summed E-state index contributed by atoms with van der Waals surface area (Å²) in [4.78, 5) is 27.4. The van der Waals surface area contributed by atoms with Gasteiger partial charge in [-0.3, -0.25) is 13.4 Å². The number of hydrogen-bond donors (Lipinski definition) is 4. The van der Waals surface area contributed by atoms with Crippen molar-refractivity contribution in [2.75, 3.05) is 25.4 Å². The number of unbranched alkanes of at least 4 members (excludes halogenated alkanes) is 3. The Bertz CT molecular complexity index is 2860. The number of carbonyl (C=O) groups is 1. The second-order valence-corrected chi connectivity index (χ2v) is 17.1. The van der Waals surface area contributed by atoms with E-state index in [4.69, 9.17) is 27.7 Å². The number of thiocarbonyl (C=S) groups is 1. The van der Waals surface area contributed by atoms with Gasteiger partial charge in [0.1, 0.15) is 17.1 Å². The molecule has 0 spiro atoms. The predicted octanol–water partition coefficient (Wildman–Crippen LogP) is 9.59. The summed E-state index contributed by atoms with van der Waals surface area (Å²) >= 11 is 6.95. The standard InChI is InChI=1S/C49H50BF2N9O2S2/c1-2-3-13-44-59-46-47(39-10-5-6-11-41(39)58-48(46)53)60(44)31-34-16-14-33(15-17-34)30-56-49(64)55-27-8-4-7-26-54-45(62)32-63-38-22-18-35(19-23-38)40-24-20-36(57-40)29-37-21-25-42(61(37)50(51)52)43-12-9-28-65-43/h5-6,9-12,14-25,28-29H,2-4,7-8,13,26-27,30-32H2,1H3,(H2,53,58)(H,54,62)(H2,55,56,64)/b36-29-. The van der Waals surface area contributed by atoms with E-state index in [-0.39, 0.29) is 12.5 Å². The predicted molar refractivity (Wildman–Crippen MR) is 265 cm³/mol. The number of anilines is 1. The van der Waals surface area contributed by atoms with E-state index in [1.54, 1.807) is 36.4 Å². The molecule has 0 saturated carbocycles. The van der Waals surface area contributed by atoms with Crippen molar-refractivity contribution in [3.8, 4) is 16.3 Å². The first-order chi connectivity index (χ1) is 31.7. The van der Waals surface area contributed by atoms with Crippen LogP contribution in [-0.4, -0.2) is 62.8 Å². The second-order valence-electron chi connectivity index (χ2n) is 15.7. The largest absolute Gasteiger partial charge is 0.678 e. The van der Waals surface area contributed by atoms with E-state index in [0.717, 1.165) is 93.3 Å². The Hall–Kier alpha value is -6.65. The second kappa shape index (κ2) is 21.4. The number of hydrogen-bond acceptors (Lipinski definition) is 8. The summed E-state index contributed by atoms with van der Waals surface area (Å²) in [5, 5.41) is 13.0. The van der Waals surface area contributed by atoms with Gasteiger partial charge in [-0.25, -0.2) is 15.0 Å². The minimum atomic E-state index is -2.68. The molecule has 1 aliphatic rings. The van der Waals surface area contributed by atoms with Gasteiger partial charge in [-0.05, 0) is 121 Å². The molecule has 8 rings (SSSR count). The lowest BCUT2D eigenvalue weighted by Gasteiger charge is -2.13. The summed E-state index contributed by atoms with van der Waals surface area (Å²) in [6.07, 6.45) is 11.0. The highest BCUT2D eigenvalue weighted by atomic mass is 32.1. The summed E-state index contributed by atoms with van der Waals surface area (Å²) in [6.45, 7) is 4.67. The van der Waals surface area contributed by atoms with Gasteiger partial charge in [0.15, 0.2) is 17.5 Å². The number of benzene rings is 3. The van der Waals surface area contributed by atoms with Gasteiger partial charge >= 0.3 is 7.40 Å². The third-order valence-corrected chi connectivity index (χ3v) is 12.3. The number of pyridine rings is 1. The summed E-state index contributed by atoms with van der Waals surface area (Å²) < 4.78 is 37.1. The number of allylic oxidation sites excluding steroid dienone is 2. The van der Waals surface area contributed by atoms with Crippen LogP contribution in [0.25, 0.3) is 38.6 Å². The summed E-state index contributed by atoms with van der Waals surface area (Å²) in [7, 11) is -2.68. The van der Waals surface area contributed by atoms with Crippen molar-refractivity contribution < 1.29 is 18.2 Å². The molecule has 1 amide bonds. The van der Waals surface area contributed by atoms with Crippen molar-refractivity contribution in [3.05, 3.63) is 148 Å². The van der Waals surface area contributed by atoms with Crippen LogP contribution < -0.4 is 26.4 Å². The average Bonchev–Trinajstić information content (AvgIpc) is 4.15. The molecule has 7 aromatic rings. The lowest BCUT2D eigenvalue weighted by atomic mass is 10.1. The molecule has 3 aromatic carbocycles. The van der Waals surface area contributed by atoms with Gasteiger partial charge in [0, 0.05) is 54.1 Å². The van der Waals surface area contributed by atoms with E-state index in [1.807, 2.05) is 53.9 Å². The van der Waals surface area contributed by atoms with Crippen LogP contribution in [0.2, 0.25) is 0 Å². The number of ether oxygens (including phenoxy) is 1. The third-order valence-electron chi connectivity index (χ3n) is 11.1. The zero-order valence-corrected chi connectivity index (χ0v) is 37.7. The molecule has 16 heteroatoms. The van der Waals surface area contributed by atoms with Gasteiger partial charge in [-0.2, -0.15) is 0 Å². The number of amides is 1. The third kappa shape index (κ3) is 11.2. The lowest BCUT2D eigenvalue weighted by Crippen LogP contribution is -2.35. The van der Waals surface area contributed by atoms with Gasteiger partial charge in [0.05, 0.1) is 28.1 Å². The van der Waals surface area contributed by atoms with Gasteiger partial charge in [0.2, 0.25) is 0 Å². The molecule has 5 heterocycles. The fourth-order valence-electron chi connectivity index (χ4n) is 7.76. The van der Waals surface area contributed by atoms with Crippen molar-refractivity contribution >= 4 is 81.5 Å². The molecule has 65 heavy (non-hydrogen) atoms. The number of aromatic nitrogens is 4. The van der Waals surface area contributed by atoms with Crippen LogP contribution in [0.1, 0.15) is 67.2 Å². The van der Waals surface area contributed by atoms with Crippen molar-refractivity contribution in [2.45, 2.75) is 58.5 Å². The monoisotopic (exact) mass is 909 g/mol. The Morgan fingerprint density at radius 1 is 0.877 bits per heavy atom. The van der Waals surface area contributed by atoms with E-state index < -0.39 is 7.40 Å². The number of thiophene rings is 1. The number of nitrogens with one attached hydrogen (secondary N) is 3. The van der Waals surface area contributed by atoms with Crippen LogP contribution in [0.15, 0.2) is 125 Å². The molecule has 0 atom stereocenters. The summed E-state index contributed by atoms with van der Waals surface area (Å²) in [5.74, 6) is 1.85. The minimum Gasteiger partial charge on any atom is -0.484 e. The molecular weight excluding hydrogens is 860 g/mol. The molecule has 0 fully saturated rings. The maximum absolute atomic E-state index is 14.0. The zero-order valence-electron chi connectivity index (χ0n) is 36.1. The normalized spacial score (nSPS) is 12.8. The smallest absolute Gasteiger partial charge is 0.484 e. The summed E-state index contributed by atoms with van der Waals surface area (Å²) in [5.41, 5.74) is 14.3. The maximum Gasteiger partial charge on any atom is 0.678 e. The highest BCUT2D eigenvalue weighted by Crippen LogP contribution is 2.31. The first-order valence-electron chi connectivity index (χ1n) is 21.9. The van der Waals surface area contributed by atoms with Gasteiger partial charge in [-0.15, -0.1) is 11.3 Å². The molecule has 0 radical (unpaired) electrons. The van der Waals surface area contributed by atoms with E-state index >= 15 is 0 Å². The van der Waals surface area contributed by atoms with Crippen LogP contribution in [0.5, 0.6) is 5.75 Å². The molecule has 4 aromatic heterocycles. The number of nitrogens with zero attached hydrogens (tertiary/aromatic N) is 5. The van der Waals surface area contributed by atoms with Crippen LogP contribution in [0.4, 0.5) is 14.4 Å².